The second-order valence-electron chi connectivity index (χ2n) is 3.61. The van der Waals surface area contributed by atoms with E-state index < -0.39 is 12.1 Å². The summed E-state index contributed by atoms with van der Waals surface area (Å²) in [6.07, 6.45) is 0. The molecule has 4 amide bonds. The third-order valence-corrected chi connectivity index (χ3v) is 2.52. The van der Waals surface area contributed by atoms with Crippen molar-refractivity contribution in [2.75, 3.05) is 39.5 Å². The predicted octanol–water partition coefficient (Wildman–Crippen LogP) is -0.380. The highest BCUT2D eigenvalue weighted by molar-refractivity contribution is 5.97. The molecule has 0 aromatic carbocycles. The normalized spacial score (nSPS) is 15.4. The molecule has 0 atom stereocenters. The van der Waals surface area contributed by atoms with Crippen LogP contribution in [0.3, 0.4) is 0 Å². The maximum absolute atomic E-state index is 11.9. The first-order chi connectivity index (χ1) is 9.58. The third-order valence-electron chi connectivity index (χ3n) is 2.52. The van der Waals surface area contributed by atoms with Crippen LogP contribution in [0.5, 0.6) is 0 Å². The minimum atomic E-state index is -0.637. The highest BCUT2D eigenvalue weighted by Gasteiger charge is 2.39. The molecule has 0 radical (unpaired) electrons. The van der Waals surface area contributed by atoms with Crippen molar-refractivity contribution in [2.45, 2.75) is 13.8 Å². The molecule has 1 rings (SSSR count). The highest BCUT2D eigenvalue weighted by atomic mass is 16.3. The van der Waals surface area contributed by atoms with E-state index in [9.17, 15) is 9.59 Å². The van der Waals surface area contributed by atoms with Gasteiger partial charge in [-0.25, -0.2) is 14.5 Å². The van der Waals surface area contributed by atoms with Crippen LogP contribution in [-0.2, 0) is 0 Å². The van der Waals surface area contributed by atoms with Crippen molar-refractivity contribution in [1.29, 1.82) is 0 Å². The Morgan fingerprint density at radius 1 is 0.800 bits per heavy atom. The van der Waals surface area contributed by atoms with Crippen LogP contribution in [0.2, 0.25) is 0 Å². The number of β-amino-alcohol motifs (C(OH)–C–C–N with tert-alkyl or cyclic N) is 3. The number of carbonyl (C=O) groups excluding carboxylic acids is 2. The van der Waals surface area contributed by atoms with Crippen LogP contribution in [-0.4, -0.2) is 81.5 Å². The summed E-state index contributed by atoms with van der Waals surface area (Å²) in [7, 11) is 0. The lowest BCUT2D eigenvalue weighted by molar-refractivity contribution is 0.0888. The molecular weight excluding hydrogens is 266 g/mol. The van der Waals surface area contributed by atoms with Gasteiger partial charge in [0.2, 0.25) is 0 Å². The fourth-order valence-corrected chi connectivity index (χ4v) is 1.68. The number of aliphatic hydroxyl groups excluding tert-OH is 3. The summed E-state index contributed by atoms with van der Waals surface area (Å²) in [6.45, 7) is 6.54. The number of hydrogen-bond donors (Lipinski definition) is 3. The molecule has 116 valence electrons. The Balaban J connectivity index is 0.00000172. The van der Waals surface area contributed by atoms with E-state index >= 15 is 0 Å². The number of nitrogens with zero attached hydrogens (tertiary/aromatic N) is 3. The summed E-state index contributed by atoms with van der Waals surface area (Å²) in [5.74, 6) is 0.113. The summed E-state index contributed by atoms with van der Waals surface area (Å²) in [5.41, 5.74) is 0. The van der Waals surface area contributed by atoms with E-state index in [4.69, 9.17) is 15.3 Å². The number of hydrogen-bond acceptors (Lipinski definition) is 5. The second-order valence-corrected chi connectivity index (χ2v) is 3.61. The van der Waals surface area contributed by atoms with Gasteiger partial charge < -0.3 is 15.3 Å². The smallest absolute Gasteiger partial charge is 0.333 e. The van der Waals surface area contributed by atoms with Gasteiger partial charge in [0, 0.05) is 0 Å². The second kappa shape index (κ2) is 9.29. The summed E-state index contributed by atoms with van der Waals surface area (Å²) in [4.78, 5) is 27.0. The number of imide groups is 1. The molecule has 0 spiro atoms. The third kappa shape index (κ3) is 3.92. The van der Waals surface area contributed by atoms with E-state index in [1.165, 1.54) is 0 Å². The Morgan fingerprint density at radius 3 is 1.40 bits per heavy atom. The van der Waals surface area contributed by atoms with Crippen LogP contribution >= 0.6 is 0 Å². The van der Waals surface area contributed by atoms with Crippen LogP contribution in [0.4, 0.5) is 9.59 Å². The fraction of sp³-hybridized carbons (Fsp3) is 0.667. The summed E-state index contributed by atoms with van der Waals surface area (Å²) in [5, 5.41) is 26.6. The number of aliphatic hydroxyl groups is 3. The quantitative estimate of drug-likeness (QED) is 0.618. The van der Waals surface area contributed by atoms with Crippen LogP contribution in [0.15, 0.2) is 12.4 Å². The van der Waals surface area contributed by atoms with Gasteiger partial charge in [-0.2, -0.15) is 0 Å². The van der Waals surface area contributed by atoms with Crippen molar-refractivity contribution >= 4 is 12.1 Å². The minimum Gasteiger partial charge on any atom is -0.395 e. The molecule has 1 aliphatic rings. The molecule has 1 aliphatic heterocycles. The Labute approximate surface area is 118 Å². The zero-order valence-electron chi connectivity index (χ0n) is 11.9. The van der Waals surface area contributed by atoms with Gasteiger partial charge in [-0.3, -0.25) is 9.80 Å². The molecule has 1 heterocycles. The van der Waals surface area contributed by atoms with Gasteiger partial charge in [0.05, 0.1) is 39.5 Å². The van der Waals surface area contributed by atoms with E-state index in [-0.39, 0.29) is 45.3 Å². The zero-order chi connectivity index (χ0) is 15.7. The van der Waals surface area contributed by atoms with E-state index in [1.807, 2.05) is 13.8 Å². The summed E-state index contributed by atoms with van der Waals surface area (Å²) in [6, 6.07) is -1.27. The van der Waals surface area contributed by atoms with E-state index in [0.717, 1.165) is 14.7 Å². The average molecular weight is 289 g/mol. The molecule has 1 saturated heterocycles. The lowest BCUT2D eigenvalue weighted by Crippen LogP contribution is -2.60. The van der Waals surface area contributed by atoms with Gasteiger partial charge in [0.1, 0.15) is 5.82 Å². The van der Waals surface area contributed by atoms with Gasteiger partial charge >= 0.3 is 12.1 Å². The molecule has 0 saturated carbocycles. The lowest BCUT2D eigenvalue weighted by atomic mass is 10.3. The maximum Gasteiger partial charge on any atom is 0.333 e. The minimum absolute atomic E-state index is 0.00515. The molecule has 0 aromatic rings. The molecule has 0 unspecified atom stereocenters. The number of amides is 4. The van der Waals surface area contributed by atoms with Gasteiger partial charge in [-0.1, -0.05) is 20.4 Å². The molecule has 0 aromatic heterocycles. The largest absolute Gasteiger partial charge is 0.395 e. The van der Waals surface area contributed by atoms with Gasteiger partial charge in [0.15, 0.2) is 0 Å². The summed E-state index contributed by atoms with van der Waals surface area (Å²) < 4.78 is 0. The average Bonchev–Trinajstić information content (AvgIpc) is 2.46. The van der Waals surface area contributed by atoms with Crippen molar-refractivity contribution in [3.8, 4) is 0 Å². The Bertz CT molecular complexity index is 278. The number of urea groups is 2. The van der Waals surface area contributed by atoms with Gasteiger partial charge in [0.25, 0.3) is 0 Å². The molecule has 20 heavy (non-hydrogen) atoms. The Kier molecular flexibility index (Phi) is 8.53. The molecular formula is C12H23N3O5. The molecule has 8 heteroatoms. The fourth-order valence-electron chi connectivity index (χ4n) is 1.68. The molecule has 1 fully saturated rings. The van der Waals surface area contributed by atoms with E-state index in [0.29, 0.717) is 0 Å². The standard InChI is InChI=1S/C10H17N3O5.C2H6/c1-8-11(2-5-14)9(17)13(4-7-16)10(18)12(8)3-6-15;1-2/h14-16H,1-7H2;1-2H3. The Hall–Kier alpha value is -1.64. The van der Waals surface area contributed by atoms with Crippen LogP contribution in [0.1, 0.15) is 13.8 Å². The van der Waals surface area contributed by atoms with E-state index in [1.54, 1.807) is 0 Å². The van der Waals surface area contributed by atoms with Crippen LogP contribution in [0, 0.1) is 0 Å². The first kappa shape index (κ1) is 18.4. The van der Waals surface area contributed by atoms with E-state index in [2.05, 4.69) is 6.58 Å². The SMILES string of the molecule is C=C1N(CCO)C(=O)N(CCO)C(=O)N1CCO.CC. The molecule has 0 bridgehead atoms. The summed E-state index contributed by atoms with van der Waals surface area (Å²) >= 11 is 0. The van der Waals surface area contributed by atoms with Crippen molar-refractivity contribution in [2.24, 2.45) is 0 Å². The topological polar surface area (TPSA) is 105 Å². The lowest BCUT2D eigenvalue weighted by Gasteiger charge is -2.41. The van der Waals surface area contributed by atoms with Crippen molar-refractivity contribution in [3.05, 3.63) is 12.4 Å². The zero-order valence-corrected chi connectivity index (χ0v) is 11.9. The molecule has 3 N–H and O–H groups in total. The Morgan fingerprint density at radius 2 is 1.10 bits per heavy atom. The van der Waals surface area contributed by atoms with Gasteiger partial charge in [-0.05, 0) is 0 Å². The van der Waals surface area contributed by atoms with Gasteiger partial charge in [-0.15, -0.1) is 0 Å². The van der Waals surface area contributed by atoms with Crippen LogP contribution < -0.4 is 0 Å². The number of carbonyl (C=O) groups is 2. The first-order valence-corrected chi connectivity index (χ1v) is 6.50. The predicted molar refractivity (Wildman–Crippen MR) is 72.7 cm³/mol. The molecule has 8 nitrogen and oxygen atoms in total. The highest BCUT2D eigenvalue weighted by Crippen LogP contribution is 2.20. The maximum atomic E-state index is 11.9. The number of rotatable bonds is 6. The van der Waals surface area contributed by atoms with Crippen molar-refractivity contribution in [1.82, 2.24) is 14.7 Å². The monoisotopic (exact) mass is 289 g/mol. The molecule has 0 aliphatic carbocycles. The first-order valence-electron chi connectivity index (χ1n) is 6.50. The van der Waals surface area contributed by atoms with Crippen molar-refractivity contribution in [3.63, 3.8) is 0 Å². The van der Waals surface area contributed by atoms with Crippen molar-refractivity contribution < 1.29 is 24.9 Å². The van der Waals surface area contributed by atoms with Crippen LogP contribution in [0.25, 0.3) is 0 Å².